The van der Waals surface area contributed by atoms with Crippen molar-refractivity contribution in [3.63, 3.8) is 0 Å². The van der Waals surface area contributed by atoms with E-state index in [-0.39, 0.29) is 11.7 Å². The average Bonchev–Trinajstić information content (AvgIpc) is 3.51. The quantitative estimate of drug-likeness (QED) is 0.485. The molecule has 1 amide bonds. The highest BCUT2D eigenvalue weighted by Gasteiger charge is 2.51. The molecule has 2 aromatic carbocycles. The van der Waals surface area contributed by atoms with Crippen molar-refractivity contribution in [1.29, 1.82) is 0 Å². The largest absolute Gasteiger partial charge is 0.438 e. The molecule has 1 fully saturated rings. The van der Waals surface area contributed by atoms with Gasteiger partial charge in [-0.1, -0.05) is 12.1 Å². The highest BCUT2D eigenvalue weighted by atomic mass is 19.1. The average molecular weight is 429 g/mol. The third-order valence-electron chi connectivity index (χ3n) is 5.61. The van der Waals surface area contributed by atoms with E-state index in [9.17, 15) is 9.18 Å². The first-order chi connectivity index (χ1) is 15.5. The van der Waals surface area contributed by atoms with Crippen LogP contribution in [0.3, 0.4) is 0 Å². The van der Waals surface area contributed by atoms with Gasteiger partial charge in [-0.2, -0.15) is 0 Å². The van der Waals surface area contributed by atoms with Crippen LogP contribution in [0.2, 0.25) is 0 Å². The van der Waals surface area contributed by atoms with Gasteiger partial charge in [0, 0.05) is 24.1 Å². The number of hydrogen-bond donors (Lipinski definition) is 1. The number of aromatic nitrogens is 4. The van der Waals surface area contributed by atoms with E-state index >= 15 is 0 Å². The lowest BCUT2D eigenvalue weighted by Crippen LogP contribution is -2.27. The number of rotatable bonds is 6. The number of halogens is 1. The van der Waals surface area contributed by atoms with Crippen molar-refractivity contribution in [3.05, 3.63) is 90.3 Å². The first kappa shape index (κ1) is 19.9. The molecule has 5 rings (SSSR count). The Balaban J connectivity index is 1.23. The Hall–Kier alpha value is -4.07. The molecule has 4 aromatic rings. The fourth-order valence-electron chi connectivity index (χ4n) is 3.63. The van der Waals surface area contributed by atoms with Crippen LogP contribution in [0.4, 0.5) is 10.1 Å². The standard InChI is InChI=1S/C24H20FN5O2/c1-16-26-14-15-30(16)21-10-11-22(29-28-21)32-20-8-6-19(7-9-20)27-23(31)24(12-13-24)17-2-4-18(25)5-3-17/h2-11,14-15H,12-13H2,1H3,(H,27,31). The van der Waals surface area contributed by atoms with Crippen molar-refractivity contribution in [2.45, 2.75) is 25.2 Å². The number of carbonyl (C=O) groups excluding carboxylic acids is 1. The van der Waals surface area contributed by atoms with Gasteiger partial charge in [-0.15, -0.1) is 10.2 Å². The zero-order chi connectivity index (χ0) is 22.1. The van der Waals surface area contributed by atoms with Crippen LogP contribution in [0.5, 0.6) is 11.6 Å². The molecule has 2 heterocycles. The molecule has 1 N–H and O–H groups in total. The third-order valence-corrected chi connectivity index (χ3v) is 5.61. The Morgan fingerprint density at radius 3 is 2.38 bits per heavy atom. The maximum Gasteiger partial charge on any atom is 0.238 e. The van der Waals surface area contributed by atoms with Crippen LogP contribution in [0.25, 0.3) is 5.82 Å². The molecule has 0 bridgehead atoms. The van der Waals surface area contributed by atoms with Crippen LogP contribution >= 0.6 is 0 Å². The lowest BCUT2D eigenvalue weighted by molar-refractivity contribution is -0.118. The molecule has 0 atom stereocenters. The van der Waals surface area contributed by atoms with Crippen LogP contribution < -0.4 is 10.1 Å². The summed E-state index contributed by atoms with van der Waals surface area (Å²) in [4.78, 5) is 17.0. The van der Waals surface area contributed by atoms with Crippen LogP contribution in [0.1, 0.15) is 24.2 Å². The van der Waals surface area contributed by atoms with E-state index in [2.05, 4.69) is 20.5 Å². The smallest absolute Gasteiger partial charge is 0.238 e. The minimum absolute atomic E-state index is 0.0889. The molecule has 0 radical (unpaired) electrons. The summed E-state index contributed by atoms with van der Waals surface area (Å²) in [5.74, 6) is 2.00. The Morgan fingerprint density at radius 2 is 1.78 bits per heavy atom. The van der Waals surface area contributed by atoms with Gasteiger partial charge in [0.05, 0.1) is 5.41 Å². The predicted molar refractivity (Wildman–Crippen MR) is 116 cm³/mol. The number of aryl methyl sites for hydroxylation is 1. The summed E-state index contributed by atoms with van der Waals surface area (Å²) >= 11 is 0. The van der Waals surface area contributed by atoms with Gasteiger partial charge in [-0.3, -0.25) is 9.36 Å². The Bertz CT molecular complexity index is 1250. The Labute approximate surface area is 183 Å². The zero-order valence-corrected chi connectivity index (χ0v) is 17.3. The number of nitrogens with one attached hydrogen (secondary N) is 1. The Morgan fingerprint density at radius 1 is 1.03 bits per heavy atom. The number of benzene rings is 2. The fraction of sp³-hybridized carbons (Fsp3) is 0.167. The number of ether oxygens (including phenoxy) is 1. The van der Waals surface area contributed by atoms with Gasteiger partial charge >= 0.3 is 0 Å². The molecule has 0 saturated heterocycles. The minimum atomic E-state index is -0.576. The molecule has 0 aliphatic heterocycles. The van der Waals surface area contributed by atoms with E-state index in [0.29, 0.717) is 23.1 Å². The van der Waals surface area contributed by atoms with Gasteiger partial charge in [0.15, 0.2) is 5.82 Å². The van der Waals surface area contributed by atoms with E-state index in [1.807, 2.05) is 17.7 Å². The molecule has 32 heavy (non-hydrogen) atoms. The van der Waals surface area contributed by atoms with E-state index in [1.165, 1.54) is 12.1 Å². The van der Waals surface area contributed by atoms with E-state index in [4.69, 9.17) is 4.74 Å². The van der Waals surface area contributed by atoms with Crippen LogP contribution in [0, 0.1) is 12.7 Å². The summed E-state index contributed by atoms with van der Waals surface area (Å²) in [7, 11) is 0. The molecule has 0 unspecified atom stereocenters. The summed E-state index contributed by atoms with van der Waals surface area (Å²) in [6.45, 7) is 1.89. The molecule has 1 saturated carbocycles. The monoisotopic (exact) mass is 429 g/mol. The molecular formula is C24H20FN5O2. The molecule has 160 valence electrons. The van der Waals surface area contributed by atoms with Gasteiger partial charge in [-0.25, -0.2) is 9.37 Å². The number of anilines is 1. The summed E-state index contributed by atoms with van der Waals surface area (Å²) in [5.41, 5.74) is 0.922. The lowest BCUT2D eigenvalue weighted by Gasteiger charge is -2.16. The molecule has 0 spiro atoms. The number of hydrogen-bond acceptors (Lipinski definition) is 5. The Kier molecular flexibility index (Phi) is 4.89. The first-order valence-electron chi connectivity index (χ1n) is 10.2. The van der Waals surface area contributed by atoms with E-state index in [1.54, 1.807) is 54.7 Å². The maximum absolute atomic E-state index is 13.2. The number of nitrogens with zero attached hydrogens (tertiary/aromatic N) is 4. The number of imidazole rings is 1. The van der Waals surface area contributed by atoms with E-state index in [0.717, 1.165) is 24.2 Å². The molecule has 2 aromatic heterocycles. The normalized spacial score (nSPS) is 14.1. The van der Waals surface area contributed by atoms with Gasteiger partial charge in [0.25, 0.3) is 0 Å². The van der Waals surface area contributed by atoms with Gasteiger partial charge < -0.3 is 10.1 Å². The van der Waals surface area contributed by atoms with Gasteiger partial charge in [-0.05, 0) is 67.8 Å². The molecule has 8 heteroatoms. The predicted octanol–water partition coefficient (Wildman–Crippen LogP) is 4.57. The van der Waals surface area contributed by atoms with Crippen molar-refractivity contribution in [2.24, 2.45) is 0 Å². The van der Waals surface area contributed by atoms with Crippen molar-refractivity contribution in [2.75, 3.05) is 5.32 Å². The van der Waals surface area contributed by atoms with Crippen molar-refractivity contribution in [3.8, 4) is 17.4 Å². The highest BCUT2D eigenvalue weighted by Crippen LogP contribution is 2.49. The van der Waals surface area contributed by atoms with Crippen LogP contribution in [-0.2, 0) is 10.2 Å². The SMILES string of the molecule is Cc1nccn1-c1ccc(Oc2ccc(NC(=O)C3(c4ccc(F)cc4)CC3)cc2)nn1. The van der Waals surface area contributed by atoms with Gasteiger partial charge in [0.1, 0.15) is 17.4 Å². The van der Waals surface area contributed by atoms with Crippen LogP contribution in [0.15, 0.2) is 73.1 Å². The highest BCUT2D eigenvalue weighted by molar-refractivity contribution is 6.01. The summed E-state index contributed by atoms with van der Waals surface area (Å²) < 4.78 is 20.8. The number of amides is 1. The second-order valence-electron chi connectivity index (χ2n) is 7.74. The zero-order valence-electron chi connectivity index (χ0n) is 17.3. The topological polar surface area (TPSA) is 81.9 Å². The van der Waals surface area contributed by atoms with Crippen molar-refractivity contribution >= 4 is 11.6 Å². The molecule has 1 aliphatic carbocycles. The third kappa shape index (κ3) is 3.82. The summed E-state index contributed by atoms with van der Waals surface area (Å²) in [6.07, 6.45) is 5.01. The van der Waals surface area contributed by atoms with Crippen molar-refractivity contribution < 1.29 is 13.9 Å². The van der Waals surface area contributed by atoms with Gasteiger partial charge in [0.2, 0.25) is 11.8 Å². The summed E-state index contributed by atoms with van der Waals surface area (Å²) in [6, 6.07) is 16.7. The second-order valence-corrected chi connectivity index (χ2v) is 7.74. The molecule has 7 nitrogen and oxygen atoms in total. The van der Waals surface area contributed by atoms with Crippen LogP contribution in [-0.4, -0.2) is 25.7 Å². The first-order valence-corrected chi connectivity index (χ1v) is 10.2. The fourth-order valence-corrected chi connectivity index (χ4v) is 3.63. The maximum atomic E-state index is 13.2. The lowest BCUT2D eigenvalue weighted by atomic mass is 9.95. The molecular weight excluding hydrogens is 409 g/mol. The number of carbonyl (C=O) groups is 1. The minimum Gasteiger partial charge on any atom is -0.438 e. The summed E-state index contributed by atoms with van der Waals surface area (Å²) in [5, 5.41) is 11.2. The van der Waals surface area contributed by atoms with Crippen molar-refractivity contribution in [1.82, 2.24) is 19.7 Å². The molecule has 1 aliphatic rings. The second kappa shape index (κ2) is 7.88. The van der Waals surface area contributed by atoms with E-state index < -0.39 is 5.41 Å².